The third-order valence-corrected chi connectivity index (χ3v) is 4.31. The summed E-state index contributed by atoms with van der Waals surface area (Å²) in [4.78, 5) is 28.4. The Bertz CT molecular complexity index is 890. The van der Waals surface area contributed by atoms with Crippen LogP contribution in [0.3, 0.4) is 0 Å². The van der Waals surface area contributed by atoms with Crippen molar-refractivity contribution in [1.82, 2.24) is 4.90 Å². The Balaban J connectivity index is 2.15. The van der Waals surface area contributed by atoms with E-state index in [2.05, 4.69) is 0 Å². The maximum absolute atomic E-state index is 14.2. The van der Waals surface area contributed by atoms with E-state index in [1.54, 1.807) is 25.2 Å². The molecule has 0 saturated heterocycles. The summed E-state index contributed by atoms with van der Waals surface area (Å²) in [5, 5.41) is 9.24. The van der Waals surface area contributed by atoms with Crippen molar-refractivity contribution in [2.45, 2.75) is 6.92 Å². The fraction of sp³-hybridized carbons (Fsp3) is 0.200. The van der Waals surface area contributed by atoms with E-state index < -0.39 is 17.6 Å². The Hall–Kier alpha value is -2.99. The van der Waals surface area contributed by atoms with E-state index in [1.807, 2.05) is 19.1 Å². The van der Waals surface area contributed by atoms with Gasteiger partial charge in [-0.25, -0.2) is 9.29 Å². The number of aliphatic hydroxyl groups is 1. The molecule has 1 heterocycles. The zero-order valence-corrected chi connectivity index (χ0v) is 14.6. The van der Waals surface area contributed by atoms with Gasteiger partial charge >= 0.3 is 0 Å². The Morgan fingerprint density at radius 3 is 2.31 bits per heavy atom. The highest BCUT2D eigenvalue weighted by Crippen LogP contribution is 2.35. The Morgan fingerprint density at radius 2 is 1.69 bits per heavy atom. The molecule has 26 heavy (non-hydrogen) atoms. The van der Waals surface area contributed by atoms with Crippen molar-refractivity contribution in [1.29, 1.82) is 0 Å². The van der Waals surface area contributed by atoms with Gasteiger partial charge in [0.25, 0.3) is 11.8 Å². The van der Waals surface area contributed by atoms with Gasteiger partial charge in [-0.15, -0.1) is 0 Å². The van der Waals surface area contributed by atoms with Crippen LogP contribution < -0.4 is 4.90 Å². The number of likely N-dealkylation sites (N-methyl/N-ethyl adjacent to an activating group) is 1. The van der Waals surface area contributed by atoms with Crippen molar-refractivity contribution < 1.29 is 19.1 Å². The number of carbonyl (C=O) groups is 2. The molecule has 5 nitrogen and oxygen atoms in total. The summed E-state index contributed by atoms with van der Waals surface area (Å²) in [5.74, 6) is -1.83. The molecule has 3 rings (SSSR count). The second-order valence-electron chi connectivity index (χ2n) is 6.13. The molecule has 2 aromatic rings. The van der Waals surface area contributed by atoms with Crippen LogP contribution in [-0.2, 0) is 9.59 Å². The van der Waals surface area contributed by atoms with E-state index in [0.29, 0.717) is 5.56 Å². The van der Waals surface area contributed by atoms with Crippen LogP contribution in [0.2, 0.25) is 0 Å². The van der Waals surface area contributed by atoms with Gasteiger partial charge in [-0.05, 0) is 24.6 Å². The van der Waals surface area contributed by atoms with Crippen LogP contribution in [0, 0.1) is 12.7 Å². The van der Waals surface area contributed by atoms with Crippen LogP contribution in [0.1, 0.15) is 11.1 Å². The number of benzene rings is 2. The second kappa shape index (κ2) is 7.09. The van der Waals surface area contributed by atoms with Crippen LogP contribution in [0.4, 0.5) is 10.1 Å². The largest absolute Gasteiger partial charge is 0.395 e. The topological polar surface area (TPSA) is 60.9 Å². The molecular formula is C20H19FN2O3. The number of anilines is 1. The molecule has 0 aromatic heterocycles. The molecule has 1 N–H and O–H groups in total. The Labute approximate surface area is 151 Å². The van der Waals surface area contributed by atoms with Gasteiger partial charge in [0.15, 0.2) is 0 Å². The molecule has 0 fully saturated rings. The highest BCUT2D eigenvalue weighted by atomic mass is 19.1. The molecule has 0 saturated carbocycles. The van der Waals surface area contributed by atoms with Crippen LogP contribution >= 0.6 is 0 Å². The molecule has 0 unspecified atom stereocenters. The summed E-state index contributed by atoms with van der Waals surface area (Å²) in [6, 6.07) is 12.9. The first kappa shape index (κ1) is 17.8. The number of hydrogen-bond donors (Lipinski definition) is 1. The van der Waals surface area contributed by atoms with Crippen molar-refractivity contribution in [3.63, 3.8) is 0 Å². The lowest BCUT2D eigenvalue weighted by Crippen LogP contribution is -2.35. The van der Waals surface area contributed by atoms with Crippen LogP contribution in [0.25, 0.3) is 5.57 Å². The lowest BCUT2D eigenvalue weighted by atomic mass is 10.0. The Morgan fingerprint density at radius 1 is 1.04 bits per heavy atom. The lowest BCUT2D eigenvalue weighted by Gasteiger charge is -2.20. The van der Waals surface area contributed by atoms with E-state index in [1.165, 1.54) is 23.1 Å². The fourth-order valence-electron chi connectivity index (χ4n) is 2.97. The number of aliphatic hydroxyl groups excluding tert-OH is 1. The van der Waals surface area contributed by atoms with Gasteiger partial charge in [0.1, 0.15) is 11.5 Å². The van der Waals surface area contributed by atoms with Crippen LogP contribution in [-0.4, -0.2) is 42.0 Å². The molecule has 0 radical (unpaired) electrons. The van der Waals surface area contributed by atoms with Crippen molar-refractivity contribution in [2.75, 3.05) is 25.1 Å². The minimum absolute atomic E-state index is 0.0838. The Kier molecular flexibility index (Phi) is 4.86. The highest BCUT2D eigenvalue weighted by molar-refractivity contribution is 6.45. The molecular weight excluding hydrogens is 335 g/mol. The number of hydrogen-bond acceptors (Lipinski definition) is 4. The van der Waals surface area contributed by atoms with Gasteiger partial charge in [0, 0.05) is 13.6 Å². The van der Waals surface area contributed by atoms with E-state index >= 15 is 0 Å². The van der Waals surface area contributed by atoms with Crippen LogP contribution in [0.15, 0.2) is 54.2 Å². The third-order valence-electron chi connectivity index (χ3n) is 4.31. The molecule has 0 bridgehead atoms. The van der Waals surface area contributed by atoms with Gasteiger partial charge in [0.05, 0.1) is 17.9 Å². The van der Waals surface area contributed by atoms with Gasteiger partial charge < -0.3 is 10.0 Å². The van der Waals surface area contributed by atoms with Gasteiger partial charge in [0.2, 0.25) is 0 Å². The first-order chi connectivity index (χ1) is 12.5. The number of halogens is 1. The van der Waals surface area contributed by atoms with Crippen molar-refractivity contribution >= 4 is 23.1 Å². The molecule has 0 atom stereocenters. The number of rotatable bonds is 5. The summed E-state index contributed by atoms with van der Waals surface area (Å²) in [7, 11) is 1.62. The van der Waals surface area contributed by atoms with E-state index in [9.17, 15) is 19.1 Å². The maximum atomic E-state index is 14.2. The second-order valence-corrected chi connectivity index (χ2v) is 6.13. The summed E-state index contributed by atoms with van der Waals surface area (Å²) in [5.41, 5.74) is 1.86. The van der Waals surface area contributed by atoms with Gasteiger partial charge in [-0.1, -0.05) is 42.0 Å². The van der Waals surface area contributed by atoms with Crippen molar-refractivity contribution in [3.05, 3.63) is 71.2 Å². The molecule has 134 valence electrons. The van der Waals surface area contributed by atoms with Gasteiger partial charge in [-0.2, -0.15) is 0 Å². The van der Waals surface area contributed by atoms with E-state index in [-0.39, 0.29) is 30.1 Å². The first-order valence-corrected chi connectivity index (χ1v) is 8.22. The summed E-state index contributed by atoms with van der Waals surface area (Å²) < 4.78 is 14.2. The smallest absolute Gasteiger partial charge is 0.282 e. The fourth-order valence-corrected chi connectivity index (χ4v) is 2.97. The number of aryl methyl sites for hydroxylation is 1. The predicted octanol–water partition coefficient (Wildman–Crippen LogP) is 2.34. The average Bonchev–Trinajstić information content (AvgIpc) is 2.87. The zero-order chi connectivity index (χ0) is 18.8. The molecule has 1 aliphatic rings. The number of imide groups is 1. The summed E-state index contributed by atoms with van der Waals surface area (Å²) >= 11 is 0. The van der Waals surface area contributed by atoms with Gasteiger partial charge in [-0.3, -0.25) is 9.59 Å². The number of nitrogens with zero attached hydrogens (tertiary/aromatic N) is 2. The standard InChI is InChI=1S/C20H19FN2O3/c1-13-7-9-14(10-8-13)17-18(22(2)11-12-24)20(26)23(19(17)25)16-6-4-3-5-15(16)21/h3-10,24H,11-12H2,1-2H3. The number of amides is 2. The SMILES string of the molecule is Cc1ccc(C2=C(N(C)CCO)C(=O)N(c3ccccc3F)C2=O)cc1. The maximum Gasteiger partial charge on any atom is 0.282 e. The minimum atomic E-state index is -0.650. The highest BCUT2D eigenvalue weighted by Gasteiger charge is 2.42. The number of para-hydroxylation sites is 1. The molecule has 1 aliphatic heterocycles. The lowest BCUT2D eigenvalue weighted by molar-refractivity contribution is -0.120. The molecule has 0 aliphatic carbocycles. The zero-order valence-electron chi connectivity index (χ0n) is 14.6. The molecule has 2 aromatic carbocycles. The van der Waals surface area contributed by atoms with Crippen molar-refractivity contribution in [3.8, 4) is 0 Å². The molecule has 6 heteroatoms. The molecule has 2 amide bonds. The first-order valence-electron chi connectivity index (χ1n) is 8.22. The monoisotopic (exact) mass is 354 g/mol. The quantitative estimate of drug-likeness (QED) is 0.838. The summed E-state index contributed by atoms with van der Waals surface area (Å²) in [6.45, 7) is 1.92. The predicted molar refractivity (Wildman–Crippen MR) is 96.7 cm³/mol. The van der Waals surface area contributed by atoms with E-state index in [4.69, 9.17) is 0 Å². The average molecular weight is 354 g/mol. The summed E-state index contributed by atoms with van der Waals surface area (Å²) in [6.07, 6.45) is 0. The molecule has 0 spiro atoms. The van der Waals surface area contributed by atoms with E-state index in [0.717, 1.165) is 10.5 Å². The number of carbonyl (C=O) groups excluding carboxylic acids is 2. The minimum Gasteiger partial charge on any atom is -0.395 e. The third kappa shape index (κ3) is 2.99. The van der Waals surface area contributed by atoms with Crippen LogP contribution in [0.5, 0.6) is 0 Å². The van der Waals surface area contributed by atoms with Crippen molar-refractivity contribution in [2.24, 2.45) is 0 Å². The normalized spacial score (nSPS) is 14.4.